The standard InChI is InChI=1S/C31H22Br2Cl2N2O2S/c1-18-3-10-23(15-26(18)34)36-31-37(24-11-4-19(2)27(35)16-24)30(38)29(40-31)14-21-7-12-28(25(33)13-21)39-17-20-5-8-22(32)9-6-20/h3-16H,17H2,1-2H3/b29-14+,36-31?. The van der Waals surface area contributed by atoms with E-state index in [9.17, 15) is 4.79 Å². The maximum atomic E-state index is 13.7. The molecule has 1 saturated heterocycles. The van der Waals surface area contributed by atoms with Crippen LogP contribution in [0.3, 0.4) is 0 Å². The van der Waals surface area contributed by atoms with E-state index < -0.39 is 0 Å². The summed E-state index contributed by atoms with van der Waals surface area (Å²) in [7, 11) is 0. The highest BCUT2D eigenvalue weighted by Gasteiger charge is 2.35. The summed E-state index contributed by atoms with van der Waals surface area (Å²) in [6, 6.07) is 24.9. The van der Waals surface area contributed by atoms with Gasteiger partial charge in [0.1, 0.15) is 12.4 Å². The Labute approximate surface area is 264 Å². The number of thioether (sulfide) groups is 1. The molecule has 0 aliphatic carbocycles. The summed E-state index contributed by atoms with van der Waals surface area (Å²) in [5, 5.41) is 1.71. The van der Waals surface area contributed by atoms with Gasteiger partial charge in [0.15, 0.2) is 5.17 Å². The topological polar surface area (TPSA) is 41.9 Å². The molecule has 0 unspecified atom stereocenters. The van der Waals surface area contributed by atoms with Gasteiger partial charge in [-0.3, -0.25) is 9.69 Å². The summed E-state index contributed by atoms with van der Waals surface area (Å²) in [6.07, 6.45) is 1.85. The van der Waals surface area contributed by atoms with E-state index in [1.807, 2.05) is 86.7 Å². The molecule has 0 saturated carbocycles. The number of hydrogen-bond donors (Lipinski definition) is 0. The highest BCUT2D eigenvalue weighted by Crippen LogP contribution is 2.39. The number of anilines is 1. The molecule has 40 heavy (non-hydrogen) atoms. The molecule has 1 aliphatic rings. The third kappa shape index (κ3) is 6.67. The van der Waals surface area contributed by atoms with Crippen LogP contribution in [0.15, 0.2) is 97.7 Å². The quantitative estimate of drug-likeness (QED) is 0.187. The highest BCUT2D eigenvalue weighted by molar-refractivity contribution is 9.10. The van der Waals surface area contributed by atoms with Crippen molar-refractivity contribution in [3.05, 3.63) is 125 Å². The Balaban J connectivity index is 1.44. The first kappa shape index (κ1) is 29.0. The van der Waals surface area contributed by atoms with Gasteiger partial charge in [-0.1, -0.05) is 69.5 Å². The lowest BCUT2D eigenvalue weighted by Gasteiger charge is -2.16. The number of amidine groups is 1. The number of halogens is 4. The van der Waals surface area contributed by atoms with E-state index in [-0.39, 0.29) is 5.91 Å². The van der Waals surface area contributed by atoms with E-state index in [1.165, 1.54) is 11.8 Å². The molecular formula is C31H22Br2Cl2N2O2S. The molecule has 4 aromatic carbocycles. The lowest BCUT2D eigenvalue weighted by molar-refractivity contribution is -0.113. The smallest absolute Gasteiger partial charge is 0.271 e. The molecular weight excluding hydrogens is 695 g/mol. The molecule has 1 aliphatic heterocycles. The van der Waals surface area contributed by atoms with Gasteiger partial charge in [0.25, 0.3) is 5.91 Å². The molecule has 4 aromatic rings. The number of carbonyl (C=O) groups excluding carboxylic acids is 1. The van der Waals surface area contributed by atoms with Crippen LogP contribution in [-0.4, -0.2) is 11.1 Å². The predicted octanol–water partition coefficient (Wildman–Crippen LogP) is 10.5. The van der Waals surface area contributed by atoms with Gasteiger partial charge in [-0.25, -0.2) is 4.99 Å². The number of hydrogen-bond acceptors (Lipinski definition) is 4. The van der Waals surface area contributed by atoms with Crippen LogP contribution in [-0.2, 0) is 11.4 Å². The molecule has 0 aromatic heterocycles. The second kappa shape index (κ2) is 12.5. The van der Waals surface area contributed by atoms with Gasteiger partial charge in [0.05, 0.1) is 20.8 Å². The second-order valence-electron chi connectivity index (χ2n) is 9.12. The Morgan fingerprint density at radius 1 is 0.900 bits per heavy atom. The van der Waals surface area contributed by atoms with Crippen molar-refractivity contribution in [1.82, 2.24) is 0 Å². The molecule has 1 fully saturated rings. The maximum absolute atomic E-state index is 13.7. The third-order valence-corrected chi connectivity index (χ3v) is 9.09. The molecule has 0 radical (unpaired) electrons. The molecule has 0 spiro atoms. The van der Waals surface area contributed by atoms with Crippen molar-refractivity contribution in [1.29, 1.82) is 0 Å². The van der Waals surface area contributed by atoms with Crippen molar-refractivity contribution in [3.63, 3.8) is 0 Å². The van der Waals surface area contributed by atoms with Gasteiger partial charge in [-0.2, -0.15) is 0 Å². The molecule has 202 valence electrons. The SMILES string of the molecule is Cc1ccc(N=C2S/C(=C/c3ccc(OCc4ccc(Br)cc4)c(Br)c3)C(=O)N2c2ccc(C)c(Cl)c2)cc1Cl. The number of aliphatic imine (C=N–C) groups is 1. The Morgan fingerprint density at radius 3 is 2.27 bits per heavy atom. The van der Waals surface area contributed by atoms with Crippen LogP contribution in [0.5, 0.6) is 5.75 Å². The minimum absolute atomic E-state index is 0.187. The van der Waals surface area contributed by atoms with Crippen LogP contribution >= 0.6 is 66.8 Å². The third-order valence-electron chi connectivity index (χ3n) is 6.16. The Bertz CT molecular complexity index is 1670. The number of benzene rings is 4. The van der Waals surface area contributed by atoms with E-state index in [0.29, 0.717) is 43.8 Å². The summed E-state index contributed by atoms with van der Waals surface area (Å²) in [5.41, 5.74) is 5.10. The lowest BCUT2D eigenvalue weighted by Crippen LogP contribution is -2.28. The molecule has 0 atom stereocenters. The van der Waals surface area contributed by atoms with E-state index in [1.54, 1.807) is 17.0 Å². The molecule has 1 heterocycles. The van der Waals surface area contributed by atoms with Crippen LogP contribution in [0.1, 0.15) is 22.3 Å². The van der Waals surface area contributed by atoms with Crippen molar-refractivity contribution in [3.8, 4) is 5.75 Å². The summed E-state index contributed by atoms with van der Waals surface area (Å²) < 4.78 is 7.81. The number of carbonyl (C=O) groups is 1. The van der Waals surface area contributed by atoms with Crippen molar-refractivity contribution in [2.75, 3.05) is 4.90 Å². The van der Waals surface area contributed by atoms with Crippen LogP contribution in [0.25, 0.3) is 6.08 Å². The molecule has 5 rings (SSSR count). The Hall–Kier alpha value is -2.55. The minimum atomic E-state index is -0.187. The predicted molar refractivity (Wildman–Crippen MR) is 175 cm³/mol. The summed E-state index contributed by atoms with van der Waals surface area (Å²) >= 11 is 21.1. The average molecular weight is 717 g/mol. The van der Waals surface area contributed by atoms with E-state index in [2.05, 4.69) is 31.9 Å². The number of rotatable bonds is 6. The molecule has 0 N–H and O–H groups in total. The molecule has 0 bridgehead atoms. The van der Waals surface area contributed by atoms with Gasteiger partial charge in [0.2, 0.25) is 0 Å². The number of ether oxygens (including phenoxy) is 1. The maximum Gasteiger partial charge on any atom is 0.271 e. The van der Waals surface area contributed by atoms with Crippen LogP contribution in [0.2, 0.25) is 10.0 Å². The first-order chi connectivity index (χ1) is 19.2. The van der Waals surface area contributed by atoms with Gasteiger partial charge < -0.3 is 4.74 Å². The zero-order chi connectivity index (χ0) is 28.4. The summed E-state index contributed by atoms with van der Waals surface area (Å²) in [4.78, 5) is 20.6. The van der Waals surface area contributed by atoms with Crippen molar-refractivity contribution < 1.29 is 9.53 Å². The Kier molecular flexibility index (Phi) is 9.08. The van der Waals surface area contributed by atoms with Gasteiger partial charge >= 0.3 is 0 Å². The van der Waals surface area contributed by atoms with E-state index >= 15 is 0 Å². The number of nitrogens with zero attached hydrogens (tertiary/aromatic N) is 2. The summed E-state index contributed by atoms with van der Waals surface area (Å²) in [5.74, 6) is 0.526. The Morgan fingerprint density at radius 2 is 1.60 bits per heavy atom. The lowest BCUT2D eigenvalue weighted by atomic mass is 10.2. The summed E-state index contributed by atoms with van der Waals surface area (Å²) in [6.45, 7) is 4.30. The fourth-order valence-corrected chi connectivity index (χ4v) is 6.00. The zero-order valence-electron chi connectivity index (χ0n) is 21.4. The van der Waals surface area contributed by atoms with Crippen LogP contribution in [0.4, 0.5) is 11.4 Å². The second-order valence-corrected chi connectivity index (χ2v) is 12.7. The number of aryl methyl sites for hydroxylation is 2. The highest BCUT2D eigenvalue weighted by atomic mass is 79.9. The normalized spacial score (nSPS) is 15.3. The first-order valence-electron chi connectivity index (χ1n) is 12.2. The van der Waals surface area contributed by atoms with Gasteiger partial charge in [-0.15, -0.1) is 0 Å². The number of amides is 1. The zero-order valence-corrected chi connectivity index (χ0v) is 26.9. The van der Waals surface area contributed by atoms with Gasteiger partial charge in [-0.05, 0) is 118 Å². The largest absolute Gasteiger partial charge is 0.488 e. The van der Waals surface area contributed by atoms with E-state index in [0.717, 1.165) is 31.2 Å². The molecule has 1 amide bonds. The van der Waals surface area contributed by atoms with Gasteiger partial charge in [0, 0.05) is 14.5 Å². The molecule has 4 nitrogen and oxygen atoms in total. The van der Waals surface area contributed by atoms with Crippen molar-refractivity contribution in [2.24, 2.45) is 4.99 Å². The first-order valence-corrected chi connectivity index (χ1v) is 15.4. The van der Waals surface area contributed by atoms with Crippen LogP contribution in [0, 0.1) is 13.8 Å². The van der Waals surface area contributed by atoms with Crippen molar-refractivity contribution in [2.45, 2.75) is 20.5 Å². The average Bonchev–Trinajstić information content (AvgIpc) is 3.22. The monoisotopic (exact) mass is 714 g/mol. The fraction of sp³-hybridized carbons (Fsp3) is 0.0968. The fourth-order valence-electron chi connectivity index (χ4n) is 3.88. The van der Waals surface area contributed by atoms with E-state index in [4.69, 9.17) is 32.9 Å². The molecule has 9 heteroatoms. The minimum Gasteiger partial charge on any atom is -0.488 e. The van der Waals surface area contributed by atoms with Crippen LogP contribution < -0.4 is 9.64 Å². The van der Waals surface area contributed by atoms with Crippen molar-refractivity contribution >= 4 is 95.3 Å².